The van der Waals surface area contributed by atoms with E-state index in [0.29, 0.717) is 6.61 Å². The maximum absolute atomic E-state index is 12.3. The van der Waals surface area contributed by atoms with Crippen LogP contribution in [-0.4, -0.2) is 23.7 Å². The third kappa shape index (κ3) is 14.6. The van der Waals surface area contributed by atoms with Crippen LogP contribution in [0.15, 0.2) is 48.2 Å². The average Bonchev–Trinajstić information content (AvgIpc) is 2.89. The van der Waals surface area contributed by atoms with Crippen LogP contribution in [0, 0.1) is 0 Å². The van der Waals surface area contributed by atoms with Crippen LogP contribution in [0.5, 0.6) is 0 Å². The molecule has 0 spiro atoms. The number of ether oxygens (including phenoxy) is 1. The smallest absolute Gasteiger partial charge is 0.339 e. The topological polar surface area (TPSA) is 63.6 Å². The molecule has 0 fully saturated rings. The lowest BCUT2D eigenvalue weighted by molar-refractivity contribution is 0.0487. The molecule has 0 amide bonds. The first-order valence-electron chi connectivity index (χ1n) is 13.5. The highest BCUT2D eigenvalue weighted by Gasteiger charge is 2.18. The Morgan fingerprint density at radius 2 is 1.13 bits per heavy atom. The van der Waals surface area contributed by atoms with Gasteiger partial charge in [-0.2, -0.15) is 0 Å². The third-order valence-electron chi connectivity index (χ3n) is 6.05. The predicted molar refractivity (Wildman–Crippen MR) is 171 cm³/mol. The van der Waals surface area contributed by atoms with Gasteiger partial charge in [0.2, 0.25) is 0 Å². The minimum absolute atomic E-state index is 0.0522. The number of hydrogen-bond donors (Lipinski definition) is 1. The molecule has 2 rings (SSSR count). The summed E-state index contributed by atoms with van der Waals surface area (Å²) in [7, 11) is 0. The number of halogens is 4. The van der Waals surface area contributed by atoms with Gasteiger partial charge in [0.05, 0.1) is 17.7 Å². The molecule has 0 aliphatic heterocycles. The van der Waals surface area contributed by atoms with Gasteiger partial charge in [0.1, 0.15) is 0 Å². The van der Waals surface area contributed by atoms with Gasteiger partial charge < -0.3 is 9.84 Å². The Morgan fingerprint density at radius 1 is 0.658 bits per heavy atom. The number of hydrogen-bond acceptors (Lipinski definition) is 3. The molecule has 4 nitrogen and oxygen atoms in total. The number of carbonyl (C=O) groups excluding carboxylic acids is 1. The van der Waals surface area contributed by atoms with Gasteiger partial charge in [-0.05, 0) is 113 Å². The van der Waals surface area contributed by atoms with Crippen LogP contribution in [0.4, 0.5) is 0 Å². The molecule has 212 valence electrons. The predicted octanol–water partition coefficient (Wildman–Crippen LogP) is 11.5. The van der Waals surface area contributed by atoms with Crippen LogP contribution in [0.3, 0.4) is 0 Å². The van der Waals surface area contributed by atoms with Crippen molar-refractivity contribution in [2.24, 2.45) is 0 Å². The zero-order valence-electron chi connectivity index (χ0n) is 22.5. The van der Waals surface area contributed by atoms with Crippen molar-refractivity contribution >= 4 is 75.7 Å². The van der Waals surface area contributed by atoms with Crippen molar-refractivity contribution in [3.63, 3.8) is 0 Å². The van der Waals surface area contributed by atoms with E-state index in [9.17, 15) is 14.7 Å². The summed E-state index contributed by atoms with van der Waals surface area (Å²) < 4.78 is 9.48. The number of unbranched alkanes of at least 4 members (excludes halogenated alkanes) is 10. The fraction of sp³-hybridized carbons (Fsp3) is 0.533. The summed E-state index contributed by atoms with van der Waals surface area (Å²) in [6.07, 6.45) is 14.7. The van der Waals surface area contributed by atoms with Crippen molar-refractivity contribution in [1.29, 1.82) is 0 Å². The second-order valence-electron chi connectivity index (χ2n) is 9.29. The fourth-order valence-electron chi connectivity index (χ4n) is 3.83. The zero-order chi connectivity index (χ0) is 28.3. The van der Waals surface area contributed by atoms with Gasteiger partial charge in [-0.1, -0.05) is 84.1 Å². The molecule has 2 aromatic rings. The van der Waals surface area contributed by atoms with Gasteiger partial charge >= 0.3 is 11.9 Å². The zero-order valence-corrected chi connectivity index (χ0v) is 28.8. The number of aryl methyl sites for hydroxylation is 1. The highest BCUT2D eigenvalue weighted by Crippen LogP contribution is 2.32. The molecule has 0 aliphatic carbocycles. The van der Waals surface area contributed by atoms with Crippen LogP contribution in [0.2, 0.25) is 0 Å². The normalized spacial score (nSPS) is 10.6. The summed E-state index contributed by atoms with van der Waals surface area (Å²) in [5.41, 5.74) is 1.18. The standard InChI is InChI=1S/C24H38O4.C6H2Br4/c1-3-5-7-9-11-13-15-20-16-17-21(22(19-20)23(25)26)24(27)28-18-14-12-10-8-6-4-2;7-3-1-4(8)6(10)2-5(3)9/h16-17,19H,3-15,18H2,1-2H3,(H,25,26);1-2H. The first kappa shape index (κ1) is 35.3. The van der Waals surface area contributed by atoms with Gasteiger partial charge in [-0.3, -0.25) is 0 Å². The van der Waals surface area contributed by atoms with E-state index in [-0.39, 0.29) is 11.1 Å². The number of benzene rings is 2. The average molecular weight is 784 g/mol. The fourth-order valence-corrected chi connectivity index (χ4v) is 5.82. The molecule has 0 aliphatic rings. The third-order valence-corrected chi connectivity index (χ3v) is 9.74. The van der Waals surface area contributed by atoms with Crippen molar-refractivity contribution in [3.8, 4) is 0 Å². The first-order valence-corrected chi connectivity index (χ1v) is 16.7. The summed E-state index contributed by atoms with van der Waals surface area (Å²) in [6, 6.07) is 9.07. The number of rotatable bonds is 16. The lowest BCUT2D eigenvalue weighted by Gasteiger charge is -2.10. The molecule has 0 saturated carbocycles. The van der Waals surface area contributed by atoms with Crippen molar-refractivity contribution in [3.05, 3.63) is 64.9 Å². The Balaban J connectivity index is 0.000000600. The Hall–Kier alpha value is -0.700. The quantitative estimate of drug-likeness (QED) is 0.105. The molecule has 38 heavy (non-hydrogen) atoms. The summed E-state index contributed by atoms with van der Waals surface area (Å²) in [4.78, 5) is 23.9. The van der Waals surface area contributed by atoms with E-state index in [1.165, 1.54) is 44.9 Å². The van der Waals surface area contributed by atoms with Crippen LogP contribution >= 0.6 is 63.7 Å². The molecular formula is C30H40Br4O4. The van der Waals surface area contributed by atoms with Gasteiger partial charge in [0.15, 0.2) is 0 Å². The number of carboxylic acid groups (broad SMARTS) is 1. The number of aromatic carboxylic acids is 1. The van der Waals surface area contributed by atoms with Crippen molar-refractivity contribution in [2.75, 3.05) is 6.61 Å². The van der Waals surface area contributed by atoms with Gasteiger partial charge in [-0.25, -0.2) is 9.59 Å². The van der Waals surface area contributed by atoms with Gasteiger partial charge in [0.25, 0.3) is 0 Å². The van der Waals surface area contributed by atoms with E-state index in [4.69, 9.17) is 4.74 Å². The van der Waals surface area contributed by atoms with E-state index >= 15 is 0 Å². The van der Waals surface area contributed by atoms with Crippen molar-refractivity contribution < 1.29 is 19.4 Å². The summed E-state index contributed by atoms with van der Waals surface area (Å²) in [6.45, 7) is 4.73. The Kier molecular flexibility index (Phi) is 19.6. The highest BCUT2D eigenvalue weighted by molar-refractivity contribution is 9.14. The van der Waals surface area contributed by atoms with E-state index in [0.717, 1.165) is 62.0 Å². The molecule has 0 atom stereocenters. The summed E-state index contributed by atoms with van der Waals surface area (Å²) in [5, 5.41) is 9.49. The SMILES string of the molecule is Brc1cc(Br)c(Br)cc1Br.CCCCCCCCOC(=O)c1ccc(CCCCCCCC)cc1C(=O)O. The summed E-state index contributed by atoms with van der Waals surface area (Å²) >= 11 is 13.5. The second kappa shape index (κ2) is 21.1. The Bertz CT molecular complexity index is 944. The molecule has 0 bridgehead atoms. The molecule has 0 aromatic heterocycles. The number of carbonyl (C=O) groups is 2. The van der Waals surface area contributed by atoms with Crippen LogP contribution in [-0.2, 0) is 11.2 Å². The maximum atomic E-state index is 12.3. The molecule has 0 unspecified atom stereocenters. The van der Waals surface area contributed by atoms with Crippen LogP contribution in [0.1, 0.15) is 117 Å². The van der Waals surface area contributed by atoms with Crippen molar-refractivity contribution in [2.45, 2.75) is 97.3 Å². The van der Waals surface area contributed by atoms with Crippen LogP contribution in [0.25, 0.3) is 0 Å². The molecule has 0 radical (unpaired) electrons. The number of carboxylic acids is 1. The molecule has 0 saturated heterocycles. The van der Waals surface area contributed by atoms with E-state index in [1.807, 2.05) is 18.2 Å². The lowest BCUT2D eigenvalue weighted by Crippen LogP contribution is -2.13. The Labute approximate surface area is 262 Å². The molecule has 1 N–H and O–H groups in total. The second-order valence-corrected chi connectivity index (χ2v) is 12.7. The first-order chi connectivity index (χ1) is 18.2. The minimum atomic E-state index is -1.07. The minimum Gasteiger partial charge on any atom is -0.478 e. The maximum Gasteiger partial charge on any atom is 0.339 e. The van der Waals surface area contributed by atoms with Crippen molar-refractivity contribution in [1.82, 2.24) is 0 Å². The van der Waals surface area contributed by atoms with E-state index in [1.54, 1.807) is 12.1 Å². The lowest BCUT2D eigenvalue weighted by atomic mass is 9.99. The summed E-state index contributed by atoms with van der Waals surface area (Å²) in [5.74, 6) is -1.60. The van der Waals surface area contributed by atoms with Gasteiger partial charge in [-0.15, -0.1) is 0 Å². The number of esters is 1. The molecular weight excluding hydrogens is 744 g/mol. The molecule has 0 heterocycles. The monoisotopic (exact) mass is 780 g/mol. The highest BCUT2D eigenvalue weighted by atomic mass is 79.9. The molecule has 8 heteroatoms. The molecule has 2 aromatic carbocycles. The van der Waals surface area contributed by atoms with Gasteiger partial charge in [0, 0.05) is 17.9 Å². The van der Waals surface area contributed by atoms with Crippen LogP contribution < -0.4 is 0 Å². The van der Waals surface area contributed by atoms with E-state index in [2.05, 4.69) is 77.6 Å². The Morgan fingerprint density at radius 3 is 1.63 bits per heavy atom. The largest absolute Gasteiger partial charge is 0.478 e. The van der Waals surface area contributed by atoms with E-state index < -0.39 is 11.9 Å².